The molecule has 2 aromatic rings. The van der Waals surface area contributed by atoms with Crippen LogP contribution in [0.4, 0.5) is 11.5 Å². The molecule has 0 saturated heterocycles. The van der Waals surface area contributed by atoms with Crippen molar-refractivity contribution in [2.24, 2.45) is 0 Å². The summed E-state index contributed by atoms with van der Waals surface area (Å²) in [5, 5.41) is 0. The van der Waals surface area contributed by atoms with Gasteiger partial charge in [0.15, 0.2) is 5.82 Å². The Balaban J connectivity index is 1.79. The summed E-state index contributed by atoms with van der Waals surface area (Å²) in [7, 11) is 5.64. The average Bonchev–Trinajstić information content (AvgIpc) is 2.61. The molecule has 126 valence electrons. The third-order valence-corrected chi connectivity index (χ3v) is 4.38. The maximum atomic E-state index is 12.8. The first-order chi connectivity index (χ1) is 11.6. The molecule has 3 rings (SSSR count). The number of carbonyl (C=O) groups is 1. The standard InChI is InChI=1S/C19H23N3O2/c1-21(2)19-16(9-6-11-20-19)22(3)18(23)13-17-15-8-5-4-7-14(15)10-12-24-17/h4-9,11,17H,10,12-13H2,1-3H3/t17-/m0/s1. The van der Waals surface area contributed by atoms with Gasteiger partial charge in [0.2, 0.25) is 5.91 Å². The molecule has 0 unspecified atom stereocenters. The van der Waals surface area contributed by atoms with Crippen molar-refractivity contribution in [3.8, 4) is 0 Å². The molecule has 2 heterocycles. The number of nitrogens with zero attached hydrogens (tertiary/aromatic N) is 3. The zero-order chi connectivity index (χ0) is 17.1. The predicted octanol–water partition coefficient (Wildman–Crippen LogP) is 2.81. The lowest BCUT2D eigenvalue weighted by Gasteiger charge is -2.28. The highest BCUT2D eigenvalue weighted by Gasteiger charge is 2.26. The fraction of sp³-hybridized carbons (Fsp3) is 0.368. The lowest BCUT2D eigenvalue weighted by Crippen LogP contribution is -2.31. The zero-order valence-electron chi connectivity index (χ0n) is 14.4. The molecule has 0 bridgehead atoms. The Morgan fingerprint density at radius 2 is 2.00 bits per heavy atom. The molecule has 1 aliphatic rings. The maximum Gasteiger partial charge on any atom is 0.229 e. The van der Waals surface area contributed by atoms with Crippen molar-refractivity contribution in [1.29, 1.82) is 0 Å². The molecular weight excluding hydrogens is 302 g/mol. The van der Waals surface area contributed by atoms with Crippen LogP contribution in [-0.2, 0) is 16.0 Å². The number of pyridine rings is 1. The quantitative estimate of drug-likeness (QED) is 0.867. The van der Waals surface area contributed by atoms with Gasteiger partial charge >= 0.3 is 0 Å². The first-order valence-corrected chi connectivity index (χ1v) is 8.16. The fourth-order valence-corrected chi connectivity index (χ4v) is 3.07. The number of amides is 1. The zero-order valence-corrected chi connectivity index (χ0v) is 14.4. The summed E-state index contributed by atoms with van der Waals surface area (Å²) in [6.07, 6.45) is 2.79. The first kappa shape index (κ1) is 16.5. The molecule has 0 spiro atoms. The summed E-state index contributed by atoms with van der Waals surface area (Å²) < 4.78 is 5.87. The molecule has 0 radical (unpaired) electrons. The second-order valence-electron chi connectivity index (χ2n) is 6.21. The van der Waals surface area contributed by atoms with E-state index < -0.39 is 0 Å². The van der Waals surface area contributed by atoms with Gasteiger partial charge in [0, 0.05) is 27.3 Å². The Labute approximate surface area is 142 Å². The molecule has 1 aromatic carbocycles. The van der Waals surface area contributed by atoms with E-state index in [1.807, 2.05) is 43.3 Å². The number of rotatable bonds is 4. The Morgan fingerprint density at radius 3 is 2.79 bits per heavy atom. The van der Waals surface area contributed by atoms with Gasteiger partial charge < -0.3 is 14.5 Å². The van der Waals surface area contributed by atoms with Crippen molar-refractivity contribution < 1.29 is 9.53 Å². The number of aromatic nitrogens is 1. The minimum Gasteiger partial charge on any atom is -0.373 e. The Morgan fingerprint density at radius 1 is 1.21 bits per heavy atom. The topological polar surface area (TPSA) is 45.7 Å². The van der Waals surface area contributed by atoms with Crippen LogP contribution in [-0.4, -0.2) is 38.6 Å². The van der Waals surface area contributed by atoms with E-state index in [0.717, 1.165) is 23.5 Å². The molecule has 5 heteroatoms. The van der Waals surface area contributed by atoms with Crippen LogP contribution in [0.3, 0.4) is 0 Å². The number of hydrogen-bond acceptors (Lipinski definition) is 4. The van der Waals surface area contributed by atoms with Gasteiger partial charge in [0.1, 0.15) is 0 Å². The van der Waals surface area contributed by atoms with Crippen LogP contribution in [0.1, 0.15) is 23.7 Å². The molecule has 1 atom stereocenters. The van der Waals surface area contributed by atoms with Crippen molar-refractivity contribution in [3.05, 3.63) is 53.7 Å². The Bertz CT molecular complexity index is 730. The second kappa shape index (κ2) is 7.01. The van der Waals surface area contributed by atoms with Gasteiger partial charge in [-0.05, 0) is 29.7 Å². The summed E-state index contributed by atoms with van der Waals surface area (Å²) in [6, 6.07) is 12.0. The van der Waals surface area contributed by atoms with Gasteiger partial charge in [-0.3, -0.25) is 4.79 Å². The molecule has 1 aliphatic heterocycles. The number of ether oxygens (including phenoxy) is 1. The van der Waals surface area contributed by atoms with Gasteiger partial charge in [-0.2, -0.15) is 0 Å². The molecule has 5 nitrogen and oxygen atoms in total. The third kappa shape index (κ3) is 3.26. The highest BCUT2D eigenvalue weighted by atomic mass is 16.5. The Hall–Kier alpha value is -2.40. The second-order valence-corrected chi connectivity index (χ2v) is 6.21. The van der Waals surface area contributed by atoms with Crippen molar-refractivity contribution >= 4 is 17.4 Å². The van der Waals surface area contributed by atoms with Gasteiger partial charge in [-0.25, -0.2) is 4.98 Å². The maximum absolute atomic E-state index is 12.8. The van der Waals surface area contributed by atoms with E-state index in [4.69, 9.17) is 4.74 Å². The van der Waals surface area contributed by atoms with E-state index in [1.165, 1.54) is 5.56 Å². The Kier molecular flexibility index (Phi) is 4.81. The highest BCUT2D eigenvalue weighted by molar-refractivity contribution is 5.95. The van der Waals surface area contributed by atoms with Crippen molar-refractivity contribution in [2.75, 3.05) is 37.5 Å². The van der Waals surface area contributed by atoms with Crippen LogP contribution >= 0.6 is 0 Å². The van der Waals surface area contributed by atoms with E-state index in [-0.39, 0.29) is 12.0 Å². The molecule has 0 saturated carbocycles. The highest BCUT2D eigenvalue weighted by Crippen LogP contribution is 2.31. The lowest BCUT2D eigenvalue weighted by atomic mass is 9.95. The van der Waals surface area contributed by atoms with Crippen LogP contribution in [0, 0.1) is 0 Å². The van der Waals surface area contributed by atoms with Gasteiger partial charge in [-0.1, -0.05) is 24.3 Å². The summed E-state index contributed by atoms with van der Waals surface area (Å²) in [6.45, 7) is 0.661. The van der Waals surface area contributed by atoms with Crippen LogP contribution in [0.5, 0.6) is 0 Å². The minimum absolute atomic E-state index is 0.0211. The molecule has 0 aliphatic carbocycles. The molecule has 0 N–H and O–H groups in total. The molecule has 0 fully saturated rings. The number of hydrogen-bond donors (Lipinski definition) is 0. The summed E-state index contributed by atoms with van der Waals surface area (Å²) in [5.41, 5.74) is 3.21. The number of anilines is 2. The number of fused-ring (bicyclic) bond motifs is 1. The number of benzene rings is 1. The van der Waals surface area contributed by atoms with Gasteiger partial charge in [0.25, 0.3) is 0 Å². The van der Waals surface area contributed by atoms with Gasteiger partial charge in [-0.15, -0.1) is 0 Å². The first-order valence-electron chi connectivity index (χ1n) is 8.16. The van der Waals surface area contributed by atoms with Crippen molar-refractivity contribution in [2.45, 2.75) is 18.9 Å². The van der Waals surface area contributed by atoms with E-state index in [1.54, 1.807) is 18.1 Å². The summed E-state index contributed by atoms with van der Waals surface area (Å²) in [5.74, 6) is 0.797. The number of carbonyl (C=O) groups excluding carboxylic acids is 1. The molecule has 1 amide bonds. The largest absolute Gasteiger partial charge is 0.373 e. The lowest BCUT2D eigenvalue weighted by molar-refractivity contribution is -0.121. The van der Waals surface area contributed by atoms with Crippen molar-refractivity contribution in [3.63, 3.8) is 0 Å². The average molecular weight is 325 g/mol. The van der Waals surface area contributed by atoms with Crippen LogP contribution in [0.15, 0.2) is 42.6 Å². The molecule has 1 aromatic heterocycles. The SMILES string of the molecule is CN(C)c1ncccc1N(C)C(=O)C[C@@H]1OCCc2ccccc21. The smallest absolute Gasteiger partial charge is 0.229 e. The minimum atomic E-state index is -0.177. The summed E-state index contributed by atoms with van der Waals surface area (Å²) in [4.78, 5) is 20.7. The van der Waals surface area contributed by atoms with E-state index in [2.05, 4.69) is 17.1 Å². The van der Waals surface area contributed by atoms with E-state index >= 15 is 0 Å². The van der Waals surface area contributed by atoms with E-state index in [9.17, 15) is 4.79 Å². The van der Waals surface area contributed by atoms with Crippen LogP contribution < -0.4 is 9.80 Å². The molecule has 24 heavy (non-hydrogen) atoms. The van der Waals surface area contributed by atoms with E-state index in [0.29, 0.717) is 13.0 Å². The van der Waals surface area contributed by atoms with Crippen LogP contribution in [0.25, 0.3) is 0 Å². The van der Waals surface area contributed by atoms with Crippen molar-refractivity contribution in [1.82, 2.24) is 4.98 Å². The summed E-state index contributed by atoms with van der Waals surface area (Å²) >= 11 is 0. The van der Waals surface area contributed by atoms with Crippen LogP contribution in [0.2, 0.25) is 0 Å². The van der Waals surface area contributed by atoms with Gasteiger partial charge in [0.05, 0.1) is 24.8 Å². The normalized spacial score (nSPS) is 16.4. The monoisotopic (exact) mass is 325 g/mol. The predicted molar refractivity (Wildman–Crippen MR) is 95.4 cm³/mol. The molecular formula is C19H23N3O2. The third-order valence-electron chi connectivity index (χ3n) is 4.38. The fourth-order valence-electron chi connectivity index (χ4n) is 3.07.